The number of anilines is 2. The van der Waals surface area contributed by atoms with Gasteiger partial charge in [0.15, 0.2) is 22.6 Å². The van der Waals surface area contributed by atoms with E-state index in [1.807, 2.05) is 0 Å². The number of hydrogen-bond donors (Lipinski definition) is 5. The van der Waals surface area contributed by atoms with Gasteiger partial charge >= 0.3 is 15.4 Å². The number of nitrogen functional groups attached to an aromatic ring is 2. The molecule has 44 heavy (non-hydrogen) atoms. The fourth-order valence-corrected chi connectivity index (χ4v) is 9.18. The molecule has 21 nitrogen and oxygen atoms in total. The van der Waals surface area contributed by atoms with E-state index in [0.29, 0.717) is 5.69 Å². The van der Waals surface area contributed by atoms with Crippen LogP contribution in [0.25, 0.3) is 16.8 Å². The molecule has 7 rings (SSSR count). The number of phosphoric ester groups is 1. The third-order valence-corrected chi connectivity index (χ3v) is 11.0. The Morgan fingerprint density at radius 1 is 1.18 bits per heavy atom. The molecule has 3 aliphatic rings. The highest BCUT2D eigenvalue weighted by atomic mass is 32.2. The largest absolute Gasteiger partial charge is 0.472 e. The normalized spacial score (nSPS) is 36.6. The fraction of sp³-hybridized carbons (Fsp3) is 0.550. The second-order valence-electron chi connectivity index (χ2n) is 10.3. The van der Waals surface area contributed by atoms with Crippen LogP contribution in [0.2, 0.25) is 0 Å². The minimum Gasteiger partial charge on any atom is -0.387 e. The molecule has 0 radical (unpaired) electrons. The maximum absolute atomic E-state index is 13.9. The van der Waals surface area contributed by atoms with Gasteiger partial charge < -0.3 is 30.7 Å². The Labute approximate surface area is 249 Å². The number of phosphoric acid groups is 1. The van der Waals surface area contributed by atoms with Crippen molar-refractivity contribution in [1.29, 1.82) is 0 Å². The first-order valence-electron chi connectivity index (χ1n) is 13.0. The Morgan fingerprint density at radius 2 is 2.00 bits per heavy atom. The quantitative estimate of drug-likeness (QED) is 0.162. The monoisotopic (exact) mass is 673 g/mol. The number of fused-ring (bicyclic) bond motifs is 5. The molecular weight excluding hydrogens is 648 g/mol. The number of ether oxygens (including phenoxy) is 1. The number of aliphatic hydroxyl groups is 1. The molecule has 0 spiro atoms. The summed E-state index contributed by atoms with van der Waals surface area (Å²) < 4.78 is 58.1. The molecule has 4 aromatic rings. The van der Waals surface area contributed by atoms with Gasteiger partial charge in [0.05, 0.1) is 30.4 Å². The van der Waals surface area contributed by atoms with Crippen molar-refractivity contribution in [2.24, 2.45) is 0 Å². The van der Waals surface area contributed by atoms with Gasteiger partial charge in [0.2, 0.25) is 11.7 Å². The van der Waals surface area contributed by atoms with Crippen molar-refractivity contribution in [2.75, 3.05) is 37.1 Å². The summed E-state index contributed by atoms with van der Waals surface area (Å²) in [6.45, 7) is 0.245. The number of imidazole rings is 1. The minimum absolute atomic E-state index is 0.0336. The van der Waals surface area contributed by atoms with E-state index in [9.17, 15) is 23.9 Å². The van der Waals surface area contributed by atoms with E-state index in [0.717, 1.165) is 16.4 Å². The van der Waals surface area contributed by atoms with Crippen molar-refractivity contribution in [3.05, 3.63) is 28.6 Å². The molecule has 7 N–H and O–H groups in total. The Morgan fingerprint density at radius 3 is 2.82 bits per heavy atom. The second kappa shape index (κ2) is 10.5. The van der Waals surface area contributed by atoms with Crippen LogP contribution < -0.4 is 17.0 Å². The average molecular weight is 674 g/mol. The third kappa shape index (κ3) is 5.00. The fourth-order valence-electron chi connectivity index (χ4n) is 5.36. The summed E-state index contributed by atoms with van der Waals surface area (Å²) in [5.41, 5.74) is 9.30. The van der Waals surface area contributed by atoms with Crippen molar-refractivity contribution in [2.45, 2.75) is 41.8 Å². The number of nitrogens with two attached hydrogens (primary N) is 2. The Bertz CT molecular complexity index is 1920. The Kier molecular flexibility index (Phi) is 7.09. The van der Waals surface area contributed by atoms with Crippen LogP contribution in [0.5, 0.6) is 0 Å². The van der Waals surface area contributed by atoms with Crippen molar-refractivity contribution in [3.8, 4) is 0 Å². The van der Waals surface area contributed by atoms with Gasteiger partial charge in [0.1, 0.15) is 30.7 Å². The SMILES string of the molecule is CP1(=O)OC[C@H]2O[C@@H](c3cnc4c(N)ncnn34)C[C@@H]2OP(=O)(O)OC[C@H]2SC[C@](n3nnc4c(=O)[nH]c(N)nc43)(O1)[C@@H]2O. The van der Waals surface area contributed by atoms with E-state index in [2.05, 4.69) is 35.3 Å². The molecule has 2 unspecified atom stereocenters. The number of hydrogen-bond acceptors (Lipinski definition) is 18. The van der Waals surface area contributed by atoms with Gasteiger partial charge in [0, 0.05) is 18.8 Å². The molecule has 3 saturated heterocycles. The maximum Gasteiger partial charge on any atom is 0.472 e. The van der Waals surface area contributed by atoms with E-state index in [-0.39, 0.29) is 40.8 Å². The molecule has 0 aromatic carbocycles. The van der Waals surface area contributed by atoms with Gasteiger partial charge in [-0.3, -0.25) is 27.9 Å². The Hall–Kier alpha value is -3.04. The number of nitrogens with one attached hydrogen (secondary N) is 1. The highest BCUT2D eigenvalue weighted by Gasteiger charge is 2.57. The number of aromatic nitrogens is 9. The van der Waals surface area contributed by atoms with Crippen LogP contribution in [0, 0.1) is 0 Å². The lowest BCUT2D eigenvalue weighted by Crippen LogP contribution is -2.49. The minimum atomic E-state index is -4.75. The van der Waals surface area contributed by atoms with Crippen LogP contribution in [0.4, 0.5) is 11.8 Å². The van der Waals surface area contributed by atoms with Crippen LogP contribution >= 0.6 is 27.2 Å². The van der Waals surface area contributed by atoms with E-state index in [1.54, 1.807) is 0 Å². The summed E-state index contributed by atoms with van der Waals surface area (Å²) in [7, 11) is -8.87. The summed E-state index contributed by atoms with van der Waals surface area (Å²) >= 11 is 1.07. The van der Waals surface area contributed by atoms with Crippen LogP contribution in [0.15, 0.2) is 17.3 Å². The van der Waals surface area contributed by atoms with E-state index >= 15 is 0 Å². The van der Waals surface area contributed by atoms with Crippen molar-refractivity contribution in [3.63, 3.8) is 0 Å². The highest BCUT2D eigenvalue weighted by molar-refractivity contribution is 8.00. The number of aliphatic hydroxyl groups excluding tert-OH is 1. The van der Waals surface area contributed by atoms with Crippen LogP contribution in [0.3, 0.4) is 0 Å². The first-order valence-corrected chi connectivity index (χ1v) is 17.5. The maximum atomic E-state index is 13.9. The molecule has 0 saturated carbocycles. The molecule has 4 aromatic heterocycles. The summed E-state index contributed by atoms with van der Waals surface area (Å²) in [6.07, 6.45) is -1.73. The topological polar surface area (TPSA) is 292 Å². The molecular formula is C20H25N11O10P2S. The number of nitrogens with zero attached hydrogens (tertiary/aromatic N) is 8. The molecule has 236 valence electrons. The molecule has 2 bridgehead atoms. The smallest absolute Gasteiger partial charge is 0.387 e. The van der Waals surface area contributed by atoms with Crippen LogP contribution in [-0.4, -0.2) is 104 Å². The highest BCUT2D eigenvalue weighted by Crippen LogP contribution is 2.57. The van der Waals surface area contributed by atoms with Gasteiger partial charge in [-0.15, -0.1) is 16.9 Å². The lowest BCUT2D eigenvalue weighted by molar-refractivity contribution is -0.105. The molecule has 8 atom stereocenters. The van der Waals surface area contributed by atoms with Crippen molar-refractivity contribution >= 4 is 55.8 Å². The van der Waals surface area contributed by atoms with Gasteiger partial charge in [-0.1, -0.05) is 5.21 Å². The zero-order valence-corrected chi connectivity index (χ0v) is 25.2. The zero-order valence-electron chi connectivity index (χ0n) is 22.6. The van der Waals surface area contributed by atoms with Crippen LogP contribution in [0.1, 0.15) is 18.2 Å². The Balaban J connectivity index is 1.24. The predicted molar refractivity (Wildman–Crippen MR) is 149 cm³/mol. The molecule has 0 aliphatic carbocycles. The third-order valence-electron chi connectivity index (χ3n) is 7.36. The second-order valence-corrected chi connectivity index (χ2v) is 14.9. The zero-order chi connectivity index (χ0) is 31.0. The lowest BCUT2D eigenvalue weighted by Gasteiger charge is -2.35. The van der Waals surface area contributed by atoms with Crippen LogP contribution in [-0.2, 0) is 37.7 Å². The molecule has 7 heterocycles. The van der Waals surface area contributed by atoms with E-state index < -0.39 is 69.6 Å². The summed E-state index contributed by atoms with van der Waals surface area (Å²) in [5, 5.41) is 22.5. The van der Waals surface area contributed by atoms with E-state index in [4.69, 9.17) is 34.3 Å². The predicted octanol–water partition coefficient (Wildman–Crippen LogP) is -0.852. The van der Waals surface area contributed by atoms with Crippen molar-refractivity contribution < 1.29 is 42.0 Å². The van der Waals surface area contributed by atoms with Gasteiger partial charge in [-0.05, 0) is 0 Å². The first kappa shape index (κ1) is 29.7. The number of thioether (sulfide) groups is 1. The molecule has 3 fully saturated rings. The molecule has 3 aliphatic heterocycles. The summed E-state index contributed by atoms with van der Waals surface area (Å²) in [4.78, 5) is 37.6. The summed E-state index contributed by atoms with van der Waals surface area (Å²) in [5.74, 6) is -0.257. The molecule has 0 amide bonds. The molecule has 24 heteroatoms. The number of H-pyrrole nitrogens is 1. The standard InChI is InChI=1S/C20H25N11O10P2S/c1-42(34)37-4-11-10(2-9(39-11)8-3-23-17-15(21)24-7-25-30(8)17)40-43(35,36)38-5-12-14(32)20(41-42,6-44-12)31-16-13(28-29-31)18(33)27-19(22)26-16/h3,7,9-12,14,32H,2,4-6H2,1H3,(H,35,36)(H2,21,24,25)(H3,22,26,27,33)/t9-,10+,11-,12-,14-,20+,42?/m1/s1. The lowest BCUT2D eigenvalue weighted by atomic mass is 10.1. The van der Waals surface area contributed by atoms with Gasteiger partial charge in [0.25, 0.3) is 5.56 Å². The average Bonchev–Trinajstić information content (AvgIpc) is 3.72. The number of aromatic amines is 1. The van der Waals surface area contributed by atoms with E-state index in [1.165, 1.54) is 23.7 Å². The van der Waals surface area contributed by atoms with Gasteiger partial charge in [-0.2, -0.15) is 14.8 Å². The van der Waals surface area contributed by atoms with Gasteiger partial charge in [-0.25, -0.2) is 19.0 Å². The summed E-state index contributed by atoms with van der Waals surface area (Å²) in [6, 6.07) is 0. The van der Waals surface area contributed by atoms with Crippen molar-refractivity contribution in [1.82, 2.24) is 44.5 Å². The number of rotatable bonds is 2. The first-order chi connectivity index (χ1) is 20.9.